The van der Waals surface area contributed by atoms with Gasteiger partial charge < -0.3 is 15.0 Å². The maximum absolute atomic E-state index is 12.2. The van der Waals surface area contributed by atoms with Gasteiger partial charge in [0.2, 0.25) is 0 Å². The molecule has 1 heterocycles. The Labute approximate surface area is 155 Å². The van der Waals surface area contributed by atoms with Crippen molar-refractivity contribution in [3.05, 3.63) is 27.1 Å². The average Bonchev–Trinajstić information content (AvgIpc) is 2.45. The van der Waals surface area contributed by atoms with Gasteiger partial charge in [0, 0.05) is 34.3 Å². The van der Waals surface area contributed by atoms with E-state index in [9.17, 15) is 4.79 Å². The van der Waals surface area contributed by atoms with Crippen molar-refractivity contribution in [2.75, 3.05) is 25.0 Å². The molecule has 0 spiro atoms. The van der Waals surface area contributed by atoms with Crippen molar-refractivity contribution in [3.8, 4) is 0 Å². The number of piperidine rings is 1. The highest BCUT2D eigenvalue weighted by molar-refractivity contribution is 9.11. The zero-order valence-electron chi connectivity index (χ0n) is 13.9. The number of benzene rings is 1. The molecule has 1 aliphatic heterocycles. The first kappa shape index (κ1) is 18.6. The van der Waals surface area contributed by atoms with E-state index in [0.717, 1.165) is 47.1 Å². The number of ether oxygens (including phenoxy) is 1. The second-order valence-electron chi connectivity index (χ2n) is 6.94. The van der Waals surface area contributed by atoms with Crippen molar-refractivity contribution < 1.29 is 9.53 Å². The molecule has 6 heteroatoms. The van der Waals surface area contributed by atoms with Crippen LogP contribution in [0.1, 0.15) is 33.6 Å². The minimum Gasteiger partial charge on any atom is -0.444 e. The number of halogens is 2. The van der Waals surface area contributed by atoms with E-state index < -0.39 is 5.60 Å². The first-order valence-electron chi connectivity index (χ1n) is 7.91. The van der Waals surface area contributed by atoms with E-state index in [-0.39, 0.29) is 6.09 Å². The lowest BCUT2D eigenvalue weighted by Crippen LogP contribution is -2.44. The summed E-state index contributed by atoms with van der Waals surface area (Å²) in [5.74, 6) is 0.437. The van der Waals surface area contributed by atoms with E-state index in [0.29, 0.717) is 5.92 Å². The third-order valence-corrected chi connectivity index (χ3v) is 4.83. The van der Waals surface area contributed by atoms with Gasteiger partial charge in [-0.3, -0.25) is 0 Å². The lowest BCUT2D eigenvalue weighted by Gasteiger charge is -2.34. The number of nitrogens with one attached hydrogen (secondary N) is 1. The van der Waals surface area contributed by atoms with Crippen LogP contribution in [0.2, 0.25) is 0 Å². The second kappa shape index (κ2) is 7.88. The molecule has 1 aromatic carbocycles. The Morgan fingerprint density at radius 1 is 1.39 bits per heavy atom. The highest BCUT2D eigenvalue weighted by Crippen LogP contribution is 2.27. The summed E-state index contributed by atoms with van der Waals surface area (Å²) in [6.45, 7) is 8.08. The topological polar surface area (TPSA) is 41.6 Å². The Hall–Kier alpha value is -0.750. The molecular formula is C17H24Br2N2O2. The number of amides is 1. The summed E-state index contributed by atoms with van der Waals surface area (Å²) in [4.78, 5) is 14.0. The molecule has 1 aromatic rings. The fourth-order valence-corrected chi connectivity index (χ4v) is 3.80. The van der Waals surface area contributed by atoms with Crippen LogP contribution in [0.15, 0.2) is 27.1 Å². The van der Waals surface area contributed by atoms with Gasteiger partial charge in [-0.05, 0) is 73.7 Å². The van der Waals surface area contributed by atoms with E-state index in [2.05, 4.69) is 37.2 Å². The monoisotopic (exact) mass is 446 g/mol. The number of hydrogen-bond acceptors (Lipinski definition) is 3. The highest BCUT2D eigenvalue weighted by atomic mass is 79.9. The van der Waals surface area contributed by atoms with Crippen LogP contribution in [0, 0.1) is 5.92 Å². The number of hydrogen-bond donors (Lipinski definition) is 1. The number of rotatable bonds is 3. The van der Waals surface area contributed by atoms with Gasteiger partial charge >= 0.3 is 6.09 Å². The van der Waals surface area contributed by atoms with Gasteiger partial charge in [-0.25, -0.2) is 4.79 Å². The summed E-state index contributed by atoms with van der Waals surface area (Å²) in [5.41, 5.74) is 0.632. The number of likely N-dealkylation sites (tertiary alicyclic amines) is 1. The molecule has 1 amide bonds. The molecule has 1 N–H and O–H groups in total. The van der Waals surface area contributed by atoms with Crippen molar-refractivity contribution in [2.45, 2.75) is 39.2 Å². The van der Waals surface area contributed by atoms with Crippen LogP contribution in [-0.4, -0.2) is 36.2 Å². The van der Waals surface area contributed by atoms with Crippen molar-refractivity contribution in [3.63, 3.8) is 0 Å². The molecule has 0 aromatic heterocycles. The maximum Gasteiger partial charge on any atom is 0.410 e. The maximum atomic E-state index is 12.2. The third kappa shape index (κ3) is 5.99. The summed E-state index contributed by atoms with van der Waals surface area (Å²) in [6, 6.07) is 6.08. The van der Waals surface area contributed by atoms with E-state index in [4.69, 9.17) is 4.74 Å². The number of carbonyl (C=O) groups is 1. The summed E-state index contributed by atoms with van der Waals surface area (Å²) in [6.07, 6.45) is 1.94. The smallest absolute Gasteiger partial charge is 0.410 e. The number of carbonyl (C=O) groups excluding carboxylic acids is 1. The van der Waals surface area contributed by atoms with E-state index in [1.807, 2.05) is 43.9 Å². The molecule has 0 radical (unpaired) electrons. The average molecular weight is 448 g/mol. The van der Waals surface area contributed by atoms with E-state index >= 15 is 0 Å². The second-order valence-corrected chi connectivity index (χ2v) is 8.71. The Kier molecular flexibility index (Phi) is 6.37. The van der Waals surface area contributed by atoms with Gasteiger partial charge in [-0.15, -0.1) is 0 Å². The van der Waals surface area contributed by atoms with Crippen LogP contribution in [0.25, 0.3) is 0 Å². The molecule has 1 atom stereocenters. The van der Waals surface area contributed by atoms with Crippen LogP contribution >= 0.6 is 31.9 Å². The molecule has 1 aliphatic rings. The van der Waals surface area contributed by atoms with E-state index in [1.54, 1.807) is 0 Å². The largest absolute Gasteiger partial charge is 0.444 e. The van der Waals surface area contributed by atoms with Crippen LogP contribution in [0.5, 0.6) is 0 Å². The normalized spacial score (nSPS) is 18.7. The molecule has 1 fully saturated rings. The molecule has 1 saturated heterocycles. The predicted octanol–water partition coefficient (Wildman–Crippen LogP) is 5.27. The number of nitrogens with zero attached hydrogens (tertiary/aromatic N) is 1. The van der Waals surface area contributed by atoms with Gasteiger partial charge in [0.15, 0.2) is 0 Å². The molecule has 23 heavy (non-hydrogen) atoms. The zero-order valence-corrected chi connectivity index (χ0v) is 17.0. The Morgan fingerprint density at radius 2 is 2.13 bits per heavy atom. The number of anilines is 1. The van der Waals surface area contributed by atoms with Crippen molar-refractivity contribution in [1.29, 1.82) is 0 Å². The quantitative estimate of drug-likeness (QED) is 0.685. The molecule has 0 aliphatic carbocycles. The molecule has 2 rings (SSSR count). The molecule has 1 unspecified atom stereocenters. The SMILES string of the molecule is CC(C)(C)OC(=O)N1CCCC(CNc2ccc(Br)cc2Br)C1. The van der Waals surface area contributed by atoms with Crippen molar-refractivity contribution in [1.82, 2.24) is 4.90 Å². The lowest BCUT2D eigenvalue weighted by molar-refractivity contribution is 0.0172. The Balaban J connectivity index is 1.87. The van der Waals surface area contributed by atoms with Crippen LogP contribution in [-0.2, 0) is 4.74 Å². The summed E-state index contributed by atoms with van der Waals surface area (Å²) >= 11 is 7.02. The molecule has 0 saturated carbocycles. The van der Waals surface area contributed by atoms with Gasteiger partial charge in [0.25, 0.3) is 0 Å². The van der Waals surface area contributed by atoms with E-state index in [1.165, 1.54) is 0 Å². The fraction of sp³-hybridized carbons (Fsp3) is 0.588. The van der Waals surface area contributed by atoms with Crippen molar-refractivity contribution >= 4 is 43.6 Å². The molecule has 4 nitrogen and oxygen atoms in total. The standard InChI is InChI=1S/C17H24Br2N2O2/c1-17(2,3)23-16(22)21-8-4-5-12(11-21)10-20-15-7-6-13(18)9-14(15)19/h6-7,9,12,20H,4-5,8,10-11H2,1-3H3. The molecule has 0 bridgehead atoms. The van der Waals surface area contributed by atoms with Crippen LogP contribution < -0.4 is 5.32 Å². The lowest BCUT2D eigenvalue weighted by atomic mass is 9.98. The first-order chi connectivity index (χ1) is 10.7. The Bertz CT molecular complexity index is 558. The van der Waals surface area contributed by atoms with Crippen LogP contribution in [0.4, 0.5) is 10.5 Å². The molecular weight excluding hydrogens is 424 g/mol. The summed E-state index contributed by atoms with van der Waals surface area (Å²) in [7, 11) is 0. The van der Waals surface area contributed by atoms with Gasteiger partial charge in [0.05, 0.1) is 0 Å². The van der Waals surface area contributed by atoms with Crippen LogP contribution in [0.3, 0.4) is 0 Å². The summed E-state index contributed by atoms with van der Waals surface area (Å²) < 4.78 is 7.55. The minimum atomic E-state index is -0.440. The Morgan fingerprint density at radius 3 is 2.78 bits per heavy atom. The minimum absolute atomic E-state index is 0.202. The predicted molar refractivity (Wildman–Crippen MR) is 101 cm³/mol. The first-order valence-corrected chi connectivity index (χ1v) is 9.50. The summed E-state index contributed by atoms with van der Waals surface area (Å²) in [5, 5.41) is 3.47. The highest BCUT2D eigenvalue weighted by Gasteiger charge is 2.27. The third-order valence-electron chi connectivity index (χ3n) is 3.68. The van der Waals surface area contributed by atoms with Gasteiger partial charge in [0.1, 0.15) is 5.60 Å². The van der Waals surface area contributed by atoms with Crippen molar-refractivity contribution in [2.24, 2.45) is 5.92 Å². The van der Waals surface area contributed by atoms with Gasteiger partial charge in [-0.2, -0.15) is 0 Å². The molecule has 128 valence electrons. The zero-order chi connectivity index (χ0) is 17.0. The van der Waals surface area contributed by atoms with Gasteiger partial charge in [-0.1, -0.05) is 15.9 Å². The fourth-order valence-electron chi connectivity index (χ4n) is 2.61.